The summed E-state index contributed by atoms with van der Waals surface area (Å²) in [6, 6.07) is 5.75. The van der Waals surface area contributed by atoms with Crippen LogP contribution in [-0.2, 0) is 11.3 Å². The minimum atomic E-state index is 0.0582. The molecule has 1 aromatic carbocycles. The predicted octanol–water partition coefficient (Wildman–Crippen LogP) is 2.25. The highest BCUT2D eigenvalue weighted by Crippen LogP contribution is 2.48. The minimum absolute atomic E-state index is 0.0582. The van der Waals surface area contributed by atoms with E-state index >= 15 is 0 Å². The van der Waals surface area contributed by atoms with Gasteiger partial charge in [0.25, 0.3) is 0 Å². The molecule has 0 radical (unpaired) electrons. The second-order valence-corrected chi connectivity index (χ2v) is 7.11. The Labute approximate surface area is 134 Å². The van der Waals surface area contributed by atoms with Gasteiger partial charge >= 0.3 is 0 Å². The van der Waals surface area contributed by atoms with E-state index in [-0.39, 0.29) is 23.5 Å². The predicted molar refractivity (Wildman–Crippen MR) is 85.3 cm³/mol. The van der Waals surface area contributed by atoms with Crippen molar-refractivity contribution >= 4 is 22.7 Å². The average molecular weight is 309 g/mol. The van der Waals surface area contributed by atoms with E-state index in [0.29, 0.717) is 18.9 Å². The van der Waals surface area contributed by atoms with Gasteiger partial charge in [0.1, 0.15) is 5.82 Å². The van der Waals surface area contributed by atoms with Crippen molar-refractivity contribution in [2.75, 3.05) is 6.54 Å². The molecule has 1 aromatic heterocycles. The smallest absolute Gasteiger partial charge is 0.223 e. The van der Waals surface area contributed by atoms with Crippen LogP contribution in [0.4, 0.5) is 0 Å². The minimum Gasteiger partial charge on any atom is -0.356 e. The summed E-state index contributed by atoms with van der Waals surface area (Å²) in [5.41, 5.74) is 2.63. The number of nitrogens with zero attached hydrogens (tertiary/aromatic N) is 2. The molecule has 5 nitrogen and oxygen atoms in total. The van der Waals surface area contributed by atoms with Gasteiger partial charge in [-0.1, -0.05) is 6.07 Å². The molecule has 5 heteroatoms. The standard InChI is InChI=1S/C18H19N3O2/c22-15-6-7-21-16-11(15)2-1-3-14(16)20-17(21)12-8-13(12)18(23)19-9-10-4-5-10/h1-3,10,12-13H,4-9H2,(H,19,23). The molecule has 2 aromatic rings. The lowest BCUT2D eigenvalue weighted by molar-refractivity contribution is -0.122. The highest BCUT2D eigenvalue weighted by atomic mass is 16.2. The third-order valence-corrected chi connectivity index (χ3v) is 5.38. The van der Waals surface area contributed by atoms with Gasteiger partial charge in [0.05, 0.1) is 11.0 Å². The lowest BCUT2D eigenvalue weighted by Gasteiger charge is -2.15. The van der Waals surface area contributed by atoms with Gasteiger partial charge in [-0.2, -0.15) is 0 Å². The molecule has 2 aliphatic carbocycles. The number of aryl methyl sites for hydroxylation is 1. The summed E-state index contributed by atoms with van der Waals surface area (Å²) >= 11 is 0. The van der Waals surface area contributed by atoms with Crippen LogP contribution in [0.3, 0.4) is 0 Å². The largest absolute Gasteiger partial charge is 0.356 e. The monoisotopic (exact) mass is 309 g/mol. The van der Waals surface area contributed by atoms with Gasteiger partial charge in [-0.25, -0.2) is 4.98 Å². The van der Waals surface area contributed by atoms with Gasteiger partial charge in [-0.3, -0.25) is 9.59 Å². The second-order valence-electron chi connectivity index (χ2n) is 7.11. The molecule has 2 fully saturated rings. The highest BCUT2D eigenvalue weighted by molar-refractivity contribution is 6.07. The topological polar surface area (TPSA) is 64.0 Å². The lowest BCUT2D eigenvalue weighted by atomic mass is 10.0. The Bertz CT molecular complexity index is 834. The number of aromatic nitrogens is 2. The Morgan fingerprint density at radius 1 is 1.35 bits per heavy atom. The fourth-order valence-corrected chi connectivity index (χ4v) is 3.75. The normalized spacial score (nSPS) is 25.7. The molecule has 1 amide bonds. The van der Waals surface area contributed by atoms with E-state index in [9.17, 15) is 9.59 Å². The molecule has 2 unspecified atom stereocenters. The van der Waals surface area contributed by atoms with Gasteiger partial charge in [0.2, 0.25) is 5.91 Å². The van der Waals surface area contributed by atoms with E-state index in [2.05, 4.69) is 9.88 Å². The van der Waals surface area contributed by atoms with Crippen LogP contribution in [0.5, 0.6) is 0 Å². The number of carbonyl (C=O) groups is 2. The van der Waals surface area contributed by atoms with E-state index in [1.807, 2.05) is 18.2 Å². The summed E-state index contributed by atoms with van der Waals surface area (Å²) in [5, 5.41) is 3.08. The van der Waals surface area contributed by atoms with Crippen LogP contribution >= 0.6 is 0 Å². The molecular formula is C18H19N3O2. The summed E-state index contributed by atoms with van der Waals surface area (Å²) in [4.78, 5) is 29.1. The molecule has 0 spiro atoms. The van der Waals surface area contributed by atoms with Crippen molar-refractivity contribution in [3.8, 4) is 0 Å². The van der Waals surface area contributed by atoms with Crippen molar-refractivity contribution in [3.05, 3.63) is 29.6 Å². The van der Waals surface area contributed by atoms with Crippen molar-refractivity contribution in [2.24, 2.45) is 11.8 Å². The Morgan fingerprint density at radius 3 is 3.04 bits per heavy atom. The number of ketones is 1. The van der Waals surface area contributed by atoms with E-state index in [4.69, 9.17) is 4.98 Å². The second kappa shape index (κ2) is 4.66. The molecule has 5 rings (SSSR count). The molecular weight excluding hydrogens is 290 g/mol. The third kappa shape index (κ3) is 2.10. The zero-order chi connectivity index (χ0) is 15.6. The summed E-state index contributed by atoms with van der Waals surface area (Å²) in [7, 11) is 0. The first-order valence-electron chi connectivity index (χ1n) is 8.52. The van der Waals surface area contributed by atoms with Gasteiger partial charge in [-0.15, -0.1) is 0 Å². The quantitative estimate of drug-likeness (QED) is 0.942. The number of amides is 1. The lowest BCUT2D eigenvalue weighted by Crippen LogP contribution is -2.27. The average Bonchev–Trinajstić information content (AvgIpc) is 3.47. The molecule has 1 aliphatic heterocycles. The molecule has 0 saturated heterocycles. The van der Waals surface area contributed by atoms with Crippen molar-refractivity contribution in [1.82, 2.24) is 14.9 Å². The Morgan fingerprint density at radius 2 is 2.22 bits per heavy atom. The van der Waals surface area contributed by atoms with E-state index < -0.39 is 0 Å². The summed E-state index contributed by atoms with van der Waals surface area (Å²) < 4.78 is 2.17. The van der Waals surface area contributed by atoms with Crippen LogP contribution in [-0.4, -0.2) is 27.8 Å². The molecule has 1 N–H and O–H groups in total. The number of carbonyl (C=O) groups excluding carboxylic acids is 2. The van der Waals surface area contributed by atoms with Crippen molar-refractivity contribution in [2.45, 2.75) is 38.1 Å². The fraction of sp³-hybridized carbons (Fsp3) is 0.500. The number of hydrogen-bond acceptors (Lipinski definition) is 3. The van der Waals surface area contributed by atoms with E-state index in [0.717, 1.165) is 35.4 Å². The number of benzene rings is 1. The Balaban J connectivity index is 1.44. The maximum absolute atomic E-state index is 12.3. The van der Waals surface area contributed by atoms with Crippen LogP contribution in [0, 0.1) is 11.8 Å². The summed E-state index contributed by atoms with van der Waals surface area (Å²) in [6.45, 7) is 1.52. The first kappa shape index (κ1) is 13.3. The molecule has 3 aliphatic rings. The van der Waals surface area contributed by atoms with Crippen LogP contribution in [0.2, 0.25) is 0 Å². The van der Waals surface area contributed by atoms with Crippen LogP contribution in [0.15, 0.2) is 18.2 Å². The Kier molecular flexibility index (Phi) is 2.69. The number of para-hydroxylation sites is 1. The first-order valence-corrected chi connectivity index (χ1v) is 8.52. The molecule has 23 heavy (non-hydrogen) atoms. The summed E-state index contributed by atoms with van der Waals surface area (Å²) in [6.07, 6.45) is 3.91. The van der Waals surface area contributed by atoms with Gasteiger partial charge in [0, 0.05) is 36.9 Å². The highest BCUT2D eigenvalue weighted by Gasteiger charge is 2.47. The van der Waals surface area contributed by atoms with Gasteiger partial charge in [-0.05, 0) is 37.3 Å². The Hall–Kier alpha value is -2.17. The fourth-order valence-electron chi connectivity index (χ4n) is 3.75. The maximum Gasteiger partial charge on any atom is 0.223 e. The van der Waals surface area contributed by atoms with Crippen molar-refractivity contribution in [3.63, 3.8) is 0 Å². The summed E-state index contributed by atoms with van der Waals surface area (Å²) in [5.74, 6) is 2.34. The number of hydrogen-bond donors (Lipinski definition) is 1. The van der Waals surface area contributed by atoms with Crippen molar-refractivity contribution < 1.29 is 9.59 Å². The zero-order valence-electron chi connectivity index (χ0n) is 12.9. The number of rotatable bonds is 4. The maximum atomic E-state index is 12.3. The number of Topliss-reactive ketones (excluding diaryl/α,β-unsaturated/α-hetero) is 1. The van der Waals surface area contributed by atoms with Crippen LogP contribution < -0.4 is 5.32 Å². The molecule has 2 saturated carbocycles. The van der Waals surface area contributed by atoms with Crippen molar-refractivity contribution in [1.29, 1.82) is 0 Å². The molecule has 2 atom stereocenters. The molecule has 0 bridgehead atoms. The van der Waals surface area contributed by atoms with Gasteiger partial charge in [0.15, 0.2) is 5.78 Å². The van der Waals surface area contributed by atoms with Gasteiger partial charge < -0.3 is 9.88 Å². The number of imidazole rings is 1. The van der Waals surface area contributed by atoms with Crippen LogP contribution in [0.25, 0.3) is 11.0 Å². The SMILES string of the molecule is O=C1CCn2c(C3CC3C(=O)NCC3CC3)nc3cccc1c32. The molecule has 2 heterocycles. The third-order valence-electron chi connectivity index (χ3n) is 5.38. The first-order chi connectivity index (χ1) is 11.2. The van der Waals surface area contributed by atoms with Crippen LogP contribution in [0.1, 0.15) is 47.8 Å². The zero-order valence-corrected chi connectivity index (χ0v) is 12.9. The number of nitrogens with one attached hydrogen (secondary N) is 1. The molecule has 118 valence electrons. The van der Waals surface area contributed by atoms with E-state index in [1.165, 1.54) is 12.8 Å². The van der Waals surface area contributed by atoms with E-state index in [1.54, 1.807) is 0 Å².